The van der Waals surface area contributed by atoms with Gasteiger partial charge in [-0.3, -0.25) is 0 Å². The minimum Gasteiger partial charge on any atom is -0.444 e. The predicted octanol–water partition coefficient (Wildman–Crippen LogP) is 4.42. The lowest BCUT2D eigenvalue weighted by Crippen LogP contribution is -2.37. The molecule has 142 valence electrons. The molecule has 2 N–H and O–H groups in total. The fraction of sp³-hybridized carbons (Fsp3) is 0.316. The summed E-state index contributed by atoms with van der Waals surface area (Å²) in [6.07, 6.45) is -0.593. The maximum atomic E-state index is 14.1. The second-order valence-corrected chi connectivity index (χ2v) is 7.12. The van der Waals surface area contributed by atoms with Crippen LogP contribution in [0.15, 0.2) is 36.4 Å². The Kier molecular flexibility index (Phi) is 6.59. The summed E-state index contributed by atoms with van der Waals surface area (Å²) in [6, 6.07) is 11.4. The molecule has 0 aliphatic rings. The molecule has 8 heteroatoms. The van der Waals surface area contributed by atoms with Crippen molar-refractivity contribution in [2.75, 3.05) is 11.9 Å². The Labute approximate surface area is 162 Å². The van der Waals surface area contributed by atoms with Crippen molar-refractivity contribution in [1.29, 1.82) is 5.26 Å². The second-order valence-electron chi connectivity index (χ2n) is 6.76. The van der Waals surface area contributed by atoms with E-state index < -0.39 is 23.6 Å². The van der Waals surface area contributed by atoms with Gasteiger partial charge in [-0.1, -0.05) is 41.9 Å². The number of nitrogens with one attached hydrogen (secondary N) is 2. The van der Waals surface area contributed by atoms with Crippen LogP contribution in [0.1, 0.15) is 37.9 Å². The number of carbonyl (C=O) groups excluding carboxylic acids is 1. The Morgan fingerprint density at radius 2 is 2.04 bits per heavy atom. The van der Waals surface area contributed by atoms with Gasteiger partial charge >= 0.3 is 6.09 Å². The molecule has 6 nitrogen and oxygen atoms in total. The summed E-state index contributed by atoms with van der Waals surface area (Å²) >= 11 is 5.86. The predicted molar refractivity (Wildman–Crippen MR) is 101 cm³/mol. The Hall–Kier alpha value is -2.85. The minimum absolute atomic E-state index is 0.0498. The van der Waals surface area contributed by atoms with E-state index in [1.807, 2.05) is 30.3 Å². The normalized spacial score (nSPS) is 12.0. The molecular formula is C19H20ClFN4O2. The van der Waals surface area contributed by atoms with E-state index in [9.17, 15) is 9.18 Å². The van der Waals surface area contributed by atoms with E-state index in [2.05, 4.69) is 15.6 Å². The van der Waals surface area contributed by atoms with Crippen molar-refractivity contribution < 1.29 is 13.9 Å². The SMILES string of the molecule is CC(C)(C)OC(=O)N[C@H](CNc1nc(Cl)c(C#N)cc1F)c1ccccc1. The molecule has 0 unspecified atom stereocenters. The van der Waals surface area contributed by atoms with Crippen molar-refractivity contribution >= 4 is 23.5 Å². The zero-order valence-electron chi connectivity index (χ0n) is 15.2. The number of rotatable bonds is 5. The zero-order valence-corrected chi connectivity index (χ0v) is 16.0. The lowest BCUT2D eigenvalue weighted by atomic mass is 10.1. The molecule has 2 rings (SSSR count). The number of anilines is 1. The number of benzene rings is 1. The summed E-state index contributed by atoms with van der Waals surface area (Å²) in [4.78, 5) is 16.0. The van der Waals surface area contributed by atoms with Crippen LogP contribution in [0.3, 0.4) is 0 Å². The number of nitriles is 1. The first-order valence-corrected chi connectivity index (χ1v) is 8.62. The number of aromatic nitrogens is 1. The molecule has 0 bridgehead atoms. The smallest absolute Gasteiger partial charge is 0.408 e. The number of hydrogen-bond donors (Lipinski definition) is 2. The number of ether oxygens (including phenoxy) is 1. The van der Waals surface area contributed by atoms with E-state index in [0.717, 1.165) is 11.6 Å². The lowest BCUT2D eigenvalue weighted by molar-refractivity contribution is 0.0506. The Bertz CT molecular complexity index is 847. The van der Waals surface area contributed by atoms with Crippen LogP contribution in [0.4, 0.5) is 15.0 Å². The van der Waals surface area contributed by atoms with E-state index in [4.69, 9.17) is 21.6 Å². The summed E-state index contributed by atoms with van der Waals surface area (Å²) in [5, 5.41) is 14.3. The van der Waals surface area contributed by atoms with Gasteiger partial charge in [-0.2, -0.15) is 5.26 Å². The number of halogens is 2. The number of nitrogens with zero attached hydrogens (tertiary/aromatic N) is 2. The summed E-state index contributed by atoms with van der Waals surface area (Å²) in [6.45, 7) is 5.43. The minimum atomic E-state index is -0.708. The van der Waals surface area contributed by atoms with Crippen molar-refractivity contribution in [1.82, 2.24) is 10.3 Å². The van der Waals surface area contributed by atoms with Gasteiger partial charge in [0, 0.05) is 6.54 Å². The monoisotopic (exact) mass is 390 g/mol. The van der Waals surface area contributed by atoms with Crippen molar-refractivity contribution in [2.45, 2.75) is 32.4 Å². The van der Waals surface area contributed by atoms with Crippen LogP contribution in [-0.4, -0.2) is 23.2 Å². The molecule has 1 aromatic carbocycles. The van der Waals surface area contributed by atoms with Crippen LogP contribution in [0.5, 0.6) is 0 Å². The third-order valence-electron chi connectivity index (χ3n) is 3.42. The molecule has 1 amide bonds. The third-order valence-corrected chi connectivity index (χ3v) is 3.70. The van der Waals surface area contributed by atoms with Crippen molar-refractivity contribution in [3.8, 4) is 6.07 Å². The van der Waals surface area contributed by atoms with Crippen molar-refractivity contribution in [2.24, 2.45) is 0 Å². The molecule has 0 aliphatic carbocycles. The van der Waals surface area contributed by atoms with Gasteiger partial charge in [-0.15, -0.1) is 0 Å². The van der Waals surface area contributed by atoms with E-state index in [-0.39, 0.29) is 23.1 Å². The number of pyridine rings is 1. The van der Waals surface area contributed by atoms with Gasteiger partial charge in [0.2, 0.25) is 0 Å². The highest BCUT2D eigenvalue weighted by Crippen LogP contribution is 2.21. The van der Waals surface area contributed by atoms with Gasteiger partial charge in [0.15, 0.2) is 11.6 Å². The van der Waals surface area contributed by atoms with E-state index >= 15 is 0 Å². The molecule has 0 spiro atoms. The highest BCUT2D eigenvalue weighted by molar-refractivity contribution is 6.30. The molecule has 0 aliphatic heterocycles. The maximum absolute atomic E-state index is 14.1. The molecule has 27 heavy (non-hydrogen) atoms. The molecule has 0 saturated heterocycles. The number of carbonyl (C=O) groups is 1. The molecule has 1 atom stereocenters. The standard InChI is InChI=1S/C19H20ClFN4O2/c1-19(2,3)27-18(26)24-15(12-7-5-4-6-8-12)11-23-17-14(21)9-13(10-22)16(20)25-17/h4-9,15H,11H2,1-3H3,(H,23,25)(H,24,26)/t15-/m1/s1. The van der Waals surface area contributed by atoms with Gasteiger partial charge in [0.1, 0.15) is 16.8 Å². The quantitative estimate of drug-likeness (QED) is 0.738. The molecular weight excluding hydrogens is 371 g/mol. The van der Waals surface area contributed by atoms with Crippen LogP contribution in [0.25, 0.3) is 0 Å². The number of amides is 1. The zero-order chi connectivity index (χ0) is 20.0. The summed E-state index contributed by atoms with van der Waals surface area (Å²) in [7, 11) is 0. The van der Waals surface area contributed by atoms with Crippen LogP contribution >= 0.6 is 11.6 Å². The second kappa shape index (κ2) is 8.69. The molecule has 0 fully saturated rings. The van der Waals surface area contributed by atoms with E-state index in [0.29, 0.717) is 0 Å². The average Bonchev–Trinajstić information content (AvgIpc) is 2.60. The Balaban J connectivity index is 2.17. The van der Waals surface area contributed by atoms with Gasteiger partial charge in [-0.05, 0) is 32.4 Å². The van der Waals surface area contributed by atoms with Gasteiger partial charge in [-0.25, -0.2) is 14.2 Å². The van der Waals surface area contributed by atoms with E-state index in [1.165, 1.54) is 0 Å². The topological polar surface area (TPSA) is 87.0 Å². The van der Waals surface area contributed by atoms with Crippen LogP contribution in [-0.2, 0) is 4.74 Å². The first kappa shape index (κ1) is 20.5. The fourth-order valence-corrected chi connectivity index (χ4v) is 2.44. The lowest BCUT2D eigenvalue weighted by Gasteiger charge is -2.24. The number of hydrogen-bond acceptors (Lipinski definition) is 5. The largest absolute Gasteiger partial charge is 0.444 e. The van der Waals surface area contributed by atoms with Gasteiger partial charge < -0.3 is 15.4 Å². The fourth-order valence-electron chi connectivity index (χ4n) is 2.25. The highest BCUT2D eigenvalue weighted by atomic mass is 35.5. The summed E-state index contributed by atoms with van der Waals surface area (Å²) in [5.41, 5.74) is 0.106. The number of alkyl carbamates (subject to hydrolysis) is 1. The first-order chi connectivity index (χ1) is 12.7. The molecule has 0 saturated carbocycles. The van der Waals surface area contributed by atoms with Gasteiger partial charge in [0.25, 0.3) is 0 Å². The van der Waals surface area contributed by atoms with Crippen molar-refractivity contribution in [3.05, 3.63) is 58.5 Å². The average molecular weight is 391 g/mol. The Morgan fingerprint density at radius 1 is 1.37 bits per heavy atom. The third kappa shape index (κ3) is 6.12. The molecule has 0 radical (unpaired) electrons. The summed E-state index contributed by atoms with van der Waals surface area (Å²) in [5.74, 6) is -0.814. The van der Waals surface area contributed by atoms with Crippen LogP contribution in [0.2, 0.25) is 5.15 Å². The maximum Gasteiger partial charge on any atom is 0.408 e. The molecule has 1 aromatic heterocycles. The Morgan fingerprint density at radius 3 is 2.63 bits per heavy atom. The summed E-state index contributed by atoms with van der Waals surface area (Å²) < 4.78 is 19.4. The van der Waals surface area contributed by atoms with Crippen LogP contribution < -0.4 is 10.6 Å². The highest BCUT2D eigenvalue weighted by Gasteiger charge is 2.21. The molecule has 2 aromatic rings. The van der Waals surface area contributed by atoms with Gasteiger partial charge in [0.05, 0.1) is 11.6 Å². The molecule has 1 heterocycles. The van der Waals surface area contributed by atoms with Crippen LogP contribution in [0, 0.1) is 17.1 Å². The van der Waals surface area contributed by atoms with Crippen molar-refractivity contribution in [3.63, 3.8) is 0 Å². The van der Waals surface area contributed by atoms with E-state index in [1.54, 1.807) is 26.8 Å². The first-order valence-electron chi connectivity index (χ1n) is 8.24.